The minimum Gasteiger partial charge on any atom is -0.495 e. The molecule has 1 amide bonds. The highest BCUT2D eigenvalue weighted by Gasteiger charge is 2.20. The molecule has 2 N–H and O–H groups in total. The van der Waals surface area contributed by atoms with Crippen molar-refractivity contribution < 1.29 is 14.5 Å². The van der Waals surface area contributed by atoms with Crippen molar-refractivity contribution in [1.82, 2.24) is 15.2 Å². The number of hydrogen-bond acceptors (Lipinski definition) is 7. The summed E-state index contributed by atoms with van der Waals surface area (Å²) >= 11 is 1.17. The van der Waals surface area contributed by atoms with Gasteiger partial charge >= 0.3 is 0 Å². The van der Waals surface area contributed by atoms with Crippen LogP contribution >= 0.6 is 11.8 Å². The molecule has 29 heavy (non-hydrogen) atoms. The zero-order valence-electron chi connectivity index (χ0n) is 16.0. The smallest absolute Gasteiger partial charge is 0.271 e. The Labute approximate surface area is 171 Å². The first kappa shape index (κ1) is 20.3. The number of thioether (sulfide) groups is 1. The number of nitrogens with one attached hydrogen (secondary N) is 2. The predicted octanol–water partition coefficient (Wildman–Crippen LogP) is 3.82. The van der Waals surface area contributed by atoms with Crippen LogP contribution in [0.15, 0.2) is 47.6 Å². The number of methoxy groups -OCH3 is 1. The number of aryl methyl sites for hydroxylation is 1. The van der Waals surface area contributed by atoms with E-state index in [4.69, 9.17) is 4.74 Å². The molecule has 3 aromatic rings. The first-order valence-electron chi connectivity index (χ1n) is 8.66. The van der Waals surface area contributed by atoms with Crippen molar-refractivity contribution in [2.45, 2.75) is 24.3 Å². The molecule has 0 aliphatic carbocycles. The number of ether oxygens (including phenoxy) is 1. The number of non-ortho nitro benzene ring substituents is 1. The lowest BCUT2D eigenvalue weighted by Crippen LogP contribution is -2.23. The number of hydrogen-bond donors (Lipinski definition) is 2. The minimum atomic E-state index is -0.541. The Hall–Kier alpha value is -3.40. The van der Waals surface area contributed by atoms with Crippen LogP contribution in [0.1, 0.15) is 12.5 Å². The second-order valence-electron chi connectivity index (χ2n) is 6.22. The predicted molar refractivity (Wildman–Crippen MR) is 110 cm³/mol. The molecule has 1 aromatic heterocycles. The summed E-state index contributed by atoms with van der Waals surface area (Å²) in [7, 11) is 1.43. The van der Waals surface area contributed by atoms with Crippen LogP contribution in [0.2, 0.25) is 0 Å². The molecule has 9 nitrogen and oxygen atoms in total. The molecular weight excluding hydrogens is 394 g/mol. The summed E-state index contributed by atoms with van der Waals surface area (Å²) in [5.74, 6) is 0.594. The Morgan fingerprint density at radius 1 is 1.28 bits per heavy atom. The number of carbonyl (C=O) groups is 1. The molecule has 0 radical (unpaired) electrons. The maximum absolute atomic E-state index is 12.6. The average Bonchev–Trinajstić information content (AvgIpc) is 3.16. The van der Waals surface area contributed by atoms with Gasteiger partial charge in [0.1, 0.15) is 5.75 Å². The zero-order chi connectivity index (χ0) is 21.0. The van der Waals surface area contributed by atoms with Crippen molar-refractivity contribution in [1.29, 1.82) is 0 Å². The molecule has 0 bridgehead atoms. The van der Waals surface area contributed by atoms with E-state index in [0.717, 1.165) is 11.1 Å². The molecule has 1 atom stereocenters. The Morgan fingerprint density at radius 3 is 2.66 bits per heavy atom. The van der Waals surface area contributed by atoms with Gasteiger partial charge in [0, 0.05) is 17.7 Å². The van der Waals surface area contributed by atoms with Gasteiger partial charge < -0.3 is 10.1 Å². The summed E-state index contributed by atoms with van der Waals surface area (Å²) in [6, 6.07) is 11.8. The molecule has 0 aliphatic heterocycles. The van der Waals surface area contributed by atoms with Crippen molar-refractivity contribution in [3.63, 3.8) is 0 Å². The summed E-state index contributed by atoms with van der Waals surface area (Å²) in [6.07, 6.45) is 0. The van der Waals surface area contributed by atoms with Gasteiger partial charge in [0.25, 0.3) is 5.69 Å². The average molecular weight is 413 g/mol. The third kappa shape index (κ3) is 4.91. The monoisotopic (exact) mass is 413 g/mol. The fourth-order valence-corrected chi connectivity index (χ4v) is 3.22. The Kier molecular flexibility index (Phi) is 6.13. The lowest BCUT2D eigenvalue weighted by atomic mass is 10.1. The van der Waals surface area contributed by atoms with Crippen molar-refractivity contribution in [3.8, 4) is 17.1 Å². The highest BCUT2D eigenvalue weighted by Crippen LogP contribution is 2.30. The van der Waals surface area contributed by atoms with Crippen molar-refractivity contribution in [2.75, 3.05) is 12.4 Å². The number of anilines is 1. The van der Waals surface area contributed by atoms with Crippen molar-refractivity contribution in [3.05, 3.63) is 58.1 Å². The lowest BCUT2D eigenvalue weighted by Gasteiger charge is -2.13. The third-order valence-electron chi connectivity index (χ3n) is 4.09. The van der Waals surface area contributed by atoms with Crippen LogP contribution in [0.3, 0.4) is 0 Å². The van der Waals surface area contributed by atoms with E-state index in [9.17, 15) is 14.9 Å². The van der Waals surface area contributed by atoms with Gasteiger partial charge in [-0.05, 0) is 19.9 Å². The topological polar surface area (TPSA) is 123 Å². The van der Waals surface area contributed by atoms with E-state index in [1.807, 2.05) is 31.2 Å². The molecule has 0 aliphatic rings. The van der Waals surface area contributed by atoms with E-state index in [1.165, 1.54) is 37.1 Å². The Bertz CT molecular complexity index is 1040. The number of amides is 1. The molecule has 1 heterocycles. The number of nitro groups is 1. The van der Waals surface area contributed by atoms with E-state index in [1.54, 1.807) is 6.92 Å². The summed E-state index contributed by atoms with van der Waals surface area (Å²) in [5, 5.41) is 20.5. The summed E-state index contributed by atoms with van der Waals surface area (Å²) in [4.78, 5) is 27.4. The van der Waals surface area contributed by atoms with Gasteiger partial charge in [-0.15, -0.1) is 5.10 Å². The van der Waals surface area contributed by atoms with Crippen LogP contribution in [-0.2, 0) is 4.79 Å². The third-order valence-corrected chi connectivity index (χ3v) is 5.05. The number of nitrogens with zero attached hydrogens (tertiary/aromatic N) is 3. The minimum absolute atomic E-state index is 0.141. The molecule has 0 spiro atoms. The highest BCUT2D eigenvalue weighted by atomic mass is 32.2. The van der Waals surface area contributed by atoms with Crippen LogP contribution in [0.25, 0.3) is 11.4 Å². The van der Waals surface area contributed by atoms with Gasteiger partial charge in [-0.2, -0.15) is 0 Å². The van der Waals surface area contributed by atoms with Crippen molar-refractivity contribution >= 4 is 29.0 Å². The standard InChI is InChI=1S/C19H19N5O4S/c1-11-4-6-13(7-5-11)17-21-19(23-22-17)29-12(2)18(25)20-15-10-14(24(26)27)8-9-16(15)28-3/h4-10,12H,1-3H3,(H,20,25)(H,21,22,23)/t12-/m1/s1. The molecule has 0 fully saturated rings. The van der Waals surface area contributed by atoms with Crippen LogP contribution in [-0.4, -0.2) is 38.4 Å². The number of H-pyrrole nitrogens is 1. The summed E-state index contributed by atoms with van der Waals surface area (Å²) < 4.78 is 5.17. The Balaban J connectivity index is 1.69. The molecule has 0 saturated heterocycles. The normalized spacial score (nSPS) is 11.7. The van der Waals surface area contributed by atoms with Crippen LogP contribution in [0.5, 0.6) is 5.75 Å². The molecular formula is C19H19N5O4S. The first-order chi connectivity index (χ1) is 13.9. The number of benzene rings is 2. The number of aromatic nitrogens is 3. The fraction of sp³-hybridized carbons (Fsp3) is 0.211. The maximum atomic E-state index is 12.6. The van der Waals surface area contributed by atoms with E-state index in [-0.39, 0.29) is 17.3 Å². The summed E-state index contributed by atoms with van der Waals surface area (Å²) in [5.41, 5.74) is 2.13. The second-order valence-corrected chi connectivity index (χ2v) is 7.53. The zero-order valence-corrected chi connectivity index (χ0v) is 16.8. The number of carbonyl (C=O) groups excluding carboxylic acids is 1. The van der Waals surface area contributed by atoms with Gasteiger partial charge in [0.05, 0.1) is 23.0 Å². The summed E-state index contributed by atoms with van der Waals surface area (Å²) in [6.45, 7) is 3.70. The van der Waals surface area contributed by atoms with Crippen molar-refractivity contribution in [2.24, 2.45) is 0 Å². The van der Waals surface area contributed by atoms with Gasteiger partial charge in [-0.3, -0.25) is 20.0 Å². The van der Waals surface area contributed by atoms with E-state index >= 15 is 0 Å². The molecule has 150 valence electrons. The molecule has 10 heteroatoms. The largest absolute Gasteiger partial charge is 0.495 e. The van der Waals surface area contributed by atoms with E-state index < -0.39 is 10.2 Å². The second kappa shape index (κ2) is 8.74. The number of nitro benzene ring substituents is 1. The molecule has 0 saturated carbocycles. The SMILES string of the molecule is COc1ccc([N+](=O)[O-])cc1NC(=O)[C@@H](C)Sc1n[nH]c(-c2ccc(C)cc2)n1. The van der Waals surface area contributed by atoms with Gasteiger partial charge in [0.2, 0.25) is 11.1 Å². The Morgan fingerprint density at radius 2 is 2.00 bits per heavy atom. The van der Waals surface area contributed by atoms with Gasteiger partial charge in [-0.1, -0.05) is 41.6 Å². The van der Waals surface area contributed by atoms with Gasteiger partial charge in [0.15, 0.2) is 5.82 Å². The van der Waals surface area contributed by atoms with Crippen LogP contribution in [0.4, 0.5) is 11.4 Å². The maximum Gasteiger partial charge on any atom is 0.271 e. The van der Waals surface area contributed by atoms with Crippen LogP contribution < -0.4 is 10.1 Å². The van der Waals surface area contributed by atoms with E-state index in [2.05, 4.69) is 20.5 Å². The number of rotatable bonds is 7. The van der Waals surface area contributed by atoms with Crippen LogP contribution in [0, 0.1) is 17.0 Å². The number of aromatic amines is 1. The highest BCUT2D eigenvalue weighted by molar-refractivity contribution is 8.00. The quantitative estimate of drug-likeness (QED) is 0.343. The van der Waals surface area contributed by atoms with Gasteiger partial charge in [-0.25, -0.2) is 4.98 Å². The lowest BCUT2D eigenvalue weighted by molar-refractivity contribution is -0.384. The molecule has 2 aromatic carbocycles. The first-order valence-corrected chi connectivity index (χ1v) is 9.54. The van der Waals surface area contributed by atoms with E-state index in [0.29, 0.717) is 16.7 Å². The molecule has 0 unspecified atom stereocenters. The fourth-order valence-electron chi connectivity index (χ4n) is 2.49. The molecule has 3 rings (SSSR count).